The number of aliphatic carboxylic acids is 1. The SMILES string of the molecule is O=C(N[C@@H](Cc1ccc(O)cc1Cc1ccccc1)C(=O)O)C(CS)Cc1ccccc1. The zero-order valence-corrected chi connectivity index (χ0v) is 18.5. The number of thiol groups is 1. The summed E-state index contributed by atoms with van der Waals surface area (Å²) in [5.74, 6) is -1.44. The summed E-state index contributed by atoms with van der Waals surface area (Å²) in [5.41, 5.74) is 3.64. The molecular formula is C26H27NO4S. The fourth-order valence-corrected chi connectivity index (χ4v) is 3.94. The van der Waals surface area contributed by atoms with E-state index < -0.39 is 17.9 Å². The Bertz CT molecular complexity index is 1040. The monoisotopic (exact) mass is 449 g/mol. The third-order valence-corrected chi connectivity index (χ3v) is 5.82. The van der Waals surface area contributed by atoms with Crippen LogP contribution in [0.1, 0.15) is 22.3 Å². The van der Waals surface area contributed by atoms with E-state index in [-0.39, 0.29) is 18.1 Å². The Morgan fingerprint density at radius 2 is 1.47 bits per heavy atom. The topological polar surface area (TPSA) is 86.6 Å². The Labute approximate surface area is 193 Å². The molecule has 0 fully saturated rings. The minimum Gasteiger partial charge on any atom is -0.508 e. The highest BCUT2D eigenvalue weighted by Gasteiger charge is 2.26. The number of benzene rings is 3. The van der Waals surface area contributed by atoms with Crippen molar-refractivity contribution in [3.63, 3.8) is 0 Å². The van der Waals surface area contributed by atoms with Crippen molar-refractivity contribution in [2.75, 3.05) is 5.75 Å². The van der Waals surface area contributed by atoms with Gasteiger partial charge in [-0.2, -0.15) is 12.6 Å². The summed E-state index contributed by atoms with van der Waals surface area (Å²) < 4.78 is 0. The van der Waals surface area contributed by atoms with E-state index in [9.17, 15) is 19.8 Å². The molecule has 0 aromatic heterocycles. The Hall–Kier alpha value is -3.25. The maximum atomic E-state index is 12.9. The highest BCUT2D eigenvalue weighted by molar-refractivity contribution is 7.80. The molecule has 2 atom stereocenters. The highest BCUT2D eigenvalue weighted by Crippen LogP contribution is 2.22. The van der Waals surface area contributed by atoms with Crippen LogP contribution in [0, 0.1) is 5.92 Å². The van der Waals surface area contributed by atoms with Gasteiger partial charge in [-0.25, -0.2) is 4.79 Å². The van der Waals surface area contributed by atoms with Crippen LogP contribution in [0.5, 0.6) is 5.75 Å². The molecule has 3 N–H and O–H groups in total. The lowest BCUT2D eigenvalue weighted by molar-refractivity contribution is -0.142. The molecule has 0 bridgehead atoms. The van der Waals surface area contributed by atoms with E-state index in [1.54, 1.807) is 12.1 Å². The molecule has 3 rings (SSSR count). The van der Waals surface area contributed by atoms with Crippen LogP contribution in [0.3, 0.4) is 0 Å². The molecular weight excluding hydrogens is 422 g/mol. The van der Waals surface area contributed by atoms with Gasteiger partial charge in [0.15, 0.2) is 0 Å². The molecule has 0 aliphatic carbocycles. The summed E-state index contributed by atoms with van der Waals surface area (Å²) in [7, 11) is 0. The van der Waals surface area contributed by atoms with Gasteiger partial charge in [0.1, 0.15) is 11.8 Å². The van der Waals surface area contributed by atoms with Gasteiger partial charge in [0.05, 0.1) is 5.92 Å². The summed E-state index contributed by atoms with van der Waals surface area (Å²) in [6.45, 7) is 0. The standard InChI is InChI=1S/C26H27NO4S/c28-23-12-11-20(21(15-23)13-18-7-3-1-4-8-18)16-24(26(30)31)27-25(29)22(17-32)14-19-9-5-2-6-10-19/h1-12,15,22,24,28,32H,13-14,16-17H2,(H,27,29)(H,30,31)/t22?,24-/m0/s1. The van der Waals surface area contributed by atoms with Crippen LogP contribution in [0.4, 0.5) is 0 Å². The summed E-state index contributed by atoms with van der Waals surface area (Å²) in [6, 6.07) is 23.2. The number of carbonyl (C=O) groups is 2. The lowest BCUT2D eigenvalue weighted by atomic mass is 9.94. The molecule has 3 aromatic rings. The van der Waals surface area contributed by atoms with E-state index in [1.165, 1.54) is 6.07 Å². The van der Waals surface area contributed by atoms with Crippen LogP contribution in [-0.2, 0) is 28.9 Å². The minimum absolute atomic E-state index is 0.119. The van der Waals surface area contributed by atoms with E-state index in [0.717, 1.165) is 22.3 Å². The quantitative estimate of drug-likeness (QED) is 0.354. The number of nitrogens with one attached hydrogen (secondary N) is 1. The first kappa shape index (κ1) is 23.4. The first-order valence-corrected chi connectivity index (χ1v) is 11.1. The predicted octanol–water partition coefficient (Wildman–Crippen LogP) is 3.88. The van der Waals surface area contributed by atoms with E-state index in [2.05, 4.69) is 17.9 Å². The summed E-state index contributed by atoms with van der Waals surface area (Å²) in [4.78, 5) is 24.8. The van der Waals surface area contributed by atoms with Crippen molar-refractivity contribution in [3.05, 3.63) is 101 Å². The molecule has 0 radical (unpaired) electrons. The maximum Gasteiger partial charge on any atom is 0.326 e. The van der Waals surface area contributed by atoms with Crippen LogP contribution in [0.25, 0.3) is 0 Å². The van der Waals surface area contributed by atoms with Crippen LogP contribution < -0.4 is 5.32 Å². The number of hydrogen-bond donors (Lipinski definition) is 4. The number of aromatic hydroxyl groups is 1. The molecule has 0 heterocycles. The van der Waals surface area contributed by atoms with Crippen molar-refractivity contribution in [2.24, 2.45) is 5.92 Å². The third kappa shape index (κ3) is 6.62. The van der Waals surface area contributed by atoms with Gasteiger partial charge >= 0.3 is 5.97 Å². The fraction of sp³-hybridized carbons (Fsp3) is 0.231. The lowest BCUT2D eigenvalue weighted by Gasteiger charge is -2.21. The van der Waals surface area contributed by atoms with Crippen molar-refractivity contribution in [1.29, 1.82) is 0 Å². The van der Waals surface area contributed by atoms with E-state index in [0.29, 0.717) is 18.6 Å². The first-order chi connectivity index (χ1) is 15.5. The van der Waals surface area contributed by atoms with Crippen LogP contribution >= 0.6 is 12.6 Å². The Morgan fingerprint density at radius 3 is 2.06 bits per heavy atom. The number of rotatable bonds is 10. The normalized spacial score (nSPS) is 12.7. The van der Waals surface area contributed by atoms with Gasteiger partial charge < -0.3 is 15.5 Å². The summed E-state index contributed by atoms with van der Waals surface area (Å²) in [6.07, 6.45) is 1.16. The fourth-order valence-electron chi connectivity index (χ4n) is 3.64. The molecule has 0 saturated carbocycles. The third-order valence-electron chi connectivity index (χ3n) is 5.38. The predicted molar refractivity (Wildman–Crippen MR) is 128 cm³/mol. The molecule has 1 unspecified atom stereocenters. The largest absolute Gasteiger partial charge is 0.508 e. The maximum absolute atomic E-state index is 12.9. The highest BCUT2D eigenvalue weighted by atomic mass is 32.1. The van der Waals surface area contributed by atoms with Crippen molar-refractivity contribution < 1.29 is 19.8 Å². The van der Waals surface area contributed by atoms with Crippen LogP contribution in [0.15, 0.2) is 78.9 Å². The summed E-state index contributed by atoms with van der Waals surface area (Å²) >= 11 is 4.31. The van der Waals surface area contributed by atoms with Crippen molar-refractivity contribution >= 4 is 24.5 Å². The number of carbonyl (C=O) groups excluding carboxylic acids is 1. The molecule has 6 heteroatoms. The molecule has 32 heavy (non-hydrogen) atoms. The van der Waals surface area contributed by atoms with Gasteiger partial charge in [-0.3, -0.25) is 4.79 Å². The van der Waals surface area contributed by atoms with Gasteiger partial charge in [0, 0.05) is 12.2 Å². The first-order valence-electron chi connectivity index (χ1n) is 10.5. The Kier molecular flexibility index (Phi) is 8.34. The lowest BCUT2D eigenvalue weighted by Crippen LogP contribution is -2.46. The van der Waals surface area contributed by atoms with Gasteiger partial charge in [-0.05, 0) is 47.2 Å². The number of carboxylic acid groups (broad SMARTS) is 1. The second kappa shape index (κ2) is 11.4. The molecule has 0 spiro atoms. The number of phenolic OH excluding ortho intramolecular Hbond substituents is 1. The van der Waals surface area contributed by atoms with Gasteiger partial charge in [0.2, 0.25) is 5.91 Å². The zero-order chi connectivity index (χ0) is 22.9. The van der Waals surface area contributed by atoms with Gasteiger partial charge in [-0.15, -0.1) is 0 Å². The summed E-state index contributed by atoms with van der Waals surface area (Å²) in [5, 5.41) is 22.4. The number of carboxylic acids is 1. The smallest absolute Gasteiger partial charge is 0.326 e. The molecule has 1 amide bonds. The second-order valence-corrected chi connectivity index (χ2v) is 8.15. The van der Waals surface area contributed by atoms with Crippen molar-refractivity contribution in [1.82, 2.24) is 5.32 Å². The molecule has 5 nitrogen and oxygen atoms in total. The van der Waals surface area contributed by atoms with Crippen LogP contribution in [-0.4, -0.2) is 33.9 Å². The number of hydrogen-bond acceptors (Lipinski definition) is 4. The molecule has 0 aliphatic rings. The van der Waals surface area contributed by atoms with Gasteiger partial charge in [-0.1, -0.05) is 66.7 Å². The molecule has 3 aromatic carbocycles. The second-order valence-electron chi connectivity index (χ2n) is 7.79. The Morgan fingerprint density at radius 1 is 0.844 bits per heavy atom. The van der Waals surface area contributed by atoms with Crippen molar-refractivity contribution in [3.8, 4) is 5.75 Å². The van der Waals surface area contributed by atoms with E-state index in [4.69, 9.17) is 0 Å². The average Bonchev–Trinajstić information content (AvgIpc) is 2.79. The molecule has 166 valence electrons. The zero-order valence-electron chi connectivity index (χ0n) is 17.6. The number of amides is 1. The van der Waals surface area contributed by atoms with E-state index >= 15 is 0 Å². The van der Waals surface area contributed by atoms with Crippen LogP contribution in [0.2, 0.25) is 0 Å². The van der Waals surface area contributed by atoms with Crippen molar-refractivity contribution in [2.45, 2.75) is 25.3 Å². The van der Waals surface area contributed by atoms with E-state index in [1.807, 2.05) is 60.7 Å². The number of phenols is 1. The molecule has 0 aliphatic heterocycles. The average molecular weight is 450 g/mol. The minimum atomic E-state index is -1.10. The Balaban J connectivity index is 1.75. The van der Waals surface area contributed by atoms with Gasteiger partial charge in [0.25, 0.3) is 0 Å². The molecule has 0 saturated heterocycles.